The van der Waals surface area contributed by atoms with Crippen LogP contribution in [-0.4, -0.2) is 39.7 Å². The second-order valence-corrected chi connectivity index (χ2v) is 8.49. The molecule has 3 heterocycles. The average Bonchev–Trinajstić information content (AvgIpc) is 3.39. The number of hydrogen-bond donors (Lipinski definition) is 1. The predicted octanol–water partition coefficient (Wildman–Crippen LogP) is 3.95. The van der Waals surface area contributed by atoms with Crippen LogP contribution in [0.2, 0.25) is 0 Å². The lowest BCUT2D eigenvalue weighted by atomic mass is 10.0. The summed E-state index contributed by atoms with van der Waals surface area (Å²) in [6.07, 6.45) is 2.51. The van der Waals surface area contributed by atoms with Crippen LogP contribution in [0.3, 0.4) is 0 Å². The first-order valence-corrected chi connectivity index (χ1v) is 11.3. The zero-order valence-corrected chi connectivity index (χ0v) is 18.6. The van der Waals surface area contributed by atoms with Gasteiger partial charge in [-0.2, -0.15) is 5.10 Å². The van der Waals surface area contributed by atoms with E-state index in [4.69, 9.17) is 4.74 Å². The fourth-order valence-corrected chi connectivity index (χ4v) is 5.04. The van der Waals surface area contributed by atoms with Crippen LogP contribution in [-0.2, 0) is 30.8 Å². The molecule has 1 aliphatic rings. The monoisotopic (exact) mass is 438 g/mol. The van der Waals surface area contributed by atoms with Crippen LogP contribution in [0.5, 0.6) is 0 Å². The van der Waals surface area contributed by atoms with Gasteiger partial charge in [-0.25, -0.2) is 4.79 Å². The predicted molar refractivity (Wildman–Crippen MR) is 120 cm³/mol. The van der Waals surface area contributed by atoms with Crippen molar-refractivity contribution in [3.63, 3.8) is 0 Å². The van der Waals surface area contributed by atoms with Gasteiger partial charge in [0.25, 0.3) is 5.91 Å². The molecule has 3 aromatic rings. The lowest BCUT2D eigenvalue weighted by Crippen LogP contribution is -2.29. The molecule has 162 valence electrons. The van der Waals surface area contributed by atoms with Crippen molar-refractivity contribution >= 4 is 28.2 Å². The van der Waals surface area contributed by atoms with Gasteiger partial charge < -0.3 is 10.1 Å². The average molecular weight is 439 g/mol. The molecule has 1 aliphatic heterocycles. The number of anilines is 1. The van der Waals surface area contributed by atoms with Gasteiger partial charge in [-0.05, 0) is 37.5 Å². The summed E-state index contributed by atoms with van der Waals surface area (Å²) in [6.45, 7) is 7.16. The molecule has 0 radical (unpaired) electrons. The Morgan fingerprint density at radius 3 is 2.71 bits per heavy atom. The Balaban J connectivity index is 1.58. The summed E-state index contributed by atoms with van der Waals surface area (Å²) in [5, 5.41) is 7.71. The van der Waals surface area contributed by atoms with Crippen LogP contribution in [0.15, 0.2) is 42.6 Å². The van der Waals surface area contributed by atoms with Gasteiger partial charge in [-0.3, -0.25) is 14.4 Å². The fourth-order valence-electron chi connectivity index (χ4n) is 3.77. The van der Waals surface area contributed by atoms with Crippen molar-refractivity contribution in [1.82, 2.24) is 14.7 Å². The molecule has 1 aromatic carbocycles. The smallest absolute Gasteiger partial charge is 0.341 e. The number of amides is 1. The van der Waals surface area contributed by atoms with Gasteiger partial charge in [-0.15, -0.1) is 11.3 Å². The van der Waals surface area contributed by atoms with E-state index in [2.05, 4.69) is 27.4 Å². The Hall–Kier alpha value is -2.97. The minimum Gasteiger partial charge on any atom is -0.462 e. The largest absolute Gasteiger partial charge is 0.462 e. The Morgan fingerprint density at radius 2 is 2.00 bits per heavy atom. The van der Waals surface area contributed by atoms with Gasteiger partial charge in [0.1, 0.15) is 5.00 Å². The van der Waals surface area contributed by atoms with Crippen LogP contribution >= 0.6 is 11.3 Å². The zero-order valence-electron chi connectivity index (χ0n) is 17.8. The maximum atomic E-state index is 12.8. The van der Waals surface area contributed by atoms with Gasteiger partial charge in [-0.1, -0.05) is 30.3 Å². The highest BCUT2D eigenvalue weighted by Crippen LogP contribution is 2.38. The highest BCUT2D eigenvalue weighted by atomic mass is 32.1. The number of ether oxygens (including phenoxy) is 1. The molecule has 0 aliphatic carbocycles. The summed E-state index contributed by atoms with van der Waals surface area (Å²) in [4.78, 5) is 28.9. The highest BCUT2D eigenvalue weighted by molar-refractivity contribution is 7.17. The van der Waals surface area contributed by atoms with Crippen molar-refractivity contribution in [3.8, 4) is 0 Å². The molecule has 0 spiro atoms. The minimum absolute atomic E-state index is 0.290. The molecule has 0 atom stereocenters. The normalized spacial score (nSPS) is 13.6. The highest BCUT2D eigenvalue weighted by Gasteiger charge is 2.30. The van der Waals surface area contributed by atoms with E-state index >= 15 is 0 Å². The molecular weight excluding hydrogens is 412 g/mol. The number of hydrogen-bond acceptors (Lipinski definition) is 6. The molecule has 0 bridgehead atoms. The molecule has 1 N–H and O–H groups in total. The number of rotatable bonds is 7. The fraction of sp³-hybridized carbons (Fsp3) is 0.348. The number of carbonyl (C=O) groups is 2. The molecule has 8 heteroatoms. The van der Waals surface area contributed by atoms with Gasteiger partial charge >= 0.3 is 5.97 Å². The minimum atomic E-state index is -0.383. The van der Waals surface area contributed by atoms with E-state index in [9.17, 15) is 9.59 Å². The molecular formula is C23H26N4O3S. The Morgan fingerprint density at radius 1 is 1.19 bits per heavy atom. The third kappa shape index (κ3) is 4.70. The lowest BCUT2D eigenvalue weighted by Gasteiger charge is -2.27. The molecule has 0 fully saturated rings. The van der Waals surface area contributed by atoms with Gasteiger partial charge in [0, 0.05) is 37.3 Å². The molecule has 0 saturated carbocycles. The number of aryl methyl sites for hydroxylation is 1. The van der Waals surface area contributed by atoms with E-state index < -0.39 is 0 Å². The summed E-state index contributed by atoms with van der Waals surface area (Å²) >= 11 is 1.46. The maximum Gasteiger partial charge on any atom is 0.341 e. The second-order valence-electron chi connectivity index (χ2n) is 7.39. The van der Waals surface area contributed by atoms with Crippen molar-refractivity contribution in [2.75, 3.05) is 18.5 Å². The molecule has 0 saturated heterocycles. The maximum absolute atomic E-state index is 12.8. The summed E-state index contributed by atoms with van der Waals surface area (Å²) in [6, 6.07) is 12.0. The quantitative estimate of drug-likeness (QED) is 0.565. The number of nitrogens with one attached hydrogen (secondary N) is 1. The number of aromatic nitrogens is 2. The molecule has 7 nitrogen and oxygen atoms in total. The number of fused-ring (bicyclic) bond motifs is 1. The second kappa shape index (κ2) is 9.45. The number of carbonyl (C=O) groups excluding carboxylic acids is 2. The van der Waals surface area contributed by atoms with Crippen LogP contribution < -0.4 is 5.32 Å². The SMILES string of the molecule is CCOC(=O)c1c(NC(=O)c2ccn(CC)n2)sc2c1CCN(Cc1ccccc1)C2. The van der Waals surface area contributed by atoms with Crippen LogP contribution in [0.1, 0.15) is 50.7 Å². The van der Waals surface area contributed by atoms with Gasteiger partial charge in [0.2, 0.25) is 0 Å². The van der Waals surface area contributed by atoms with E-state index in [1.165, 1.54) is 16.9 Å². The van der Waals surface area contributed by atoms with E-state index in [1.54, 1.807) is 23.9 Å². The van der Waals surface area contributed by atoms with Crippen molar-refractivity contribution in [3.05, 3.63) is 69.9 Å². The number of esters is 1. The van der Waals surface area contributed by atoms with Crippen LogP contribution in [0.25, 0.3) is 0 Å². The molecule has 0 unspecified atom stereocenters. The van der Waals surface area contributed by atoms with E-state index in [1.807, 2.05) is 25.1 Å². The zero-order chi connectivity index (χ0) is 21.8. The first kappa shape index (κ1) is 21.3. The Kier molecular flexibility index (Phi) is 6.48. The third-order valence-corrected chi connectivity index (χ3v) is 6.42. The van der Waals surface area contributed by atoms with Crippen molar-refractivity contribution < 1.29 is 14.3 Å². The number of nitrogens with zero attached hydrogens (tertiary/aromatic N) is 3. The summed E-state index contributed by atoms with van der Waals surface area (Å²) < 4.78 is 7.00. The first-order chi connectivity index (χ1) is 15.1. The van der Waals surface area contributed by atoms with E-state index in [-0.39, 0.29) is 18.5 Å². The first-order valence-electron chi connectivity index (χ1n) is 10.5. The third-order valence-electron chi connectivity index (χ3n) is 5.29. The summed E-state index contributed by atoms with van der Waals surface area (Å²) in [7, 11) is 0. The van der Waals surface area contributed by atoms with Crippen molar-refractivity contribution in [2.45, 2.75) is 39.9 Å². The molecule has 4 rings (SSSR count). The van der Waals surface area contributed by atoms with Crippen LogP contribution in [0.4, 0.5) is 5.00 Å². The topological polar surface area (TPSA) is 76.5 Å². The summed E-state index contributed by atoms with van der Waals surface area (Å²) in [5.74, 6) is -0.705. The van der Waals surface area contributed by atoms with E-state index in [0.29, 0.717) is 22.8 Å². The molecule has 1 amide bonds. The van der Waals surface area contributed by atoms with E-state index in [0.717, 1.165) is 36.5 Å². The standard InChI is InChI=1S/C23H26N4O3S/c1-3-27-13-11-18(25-27)21(28)24-22-20(23(29)30-4-2)17-10-12-26(15-19(17)31-22)14-16-8-6-5-7-9-16/h5-9,11,13H,3-4,10,12,14-15H2,1-2H3,(H,24,28). The van der Waals surface area contributed by atoms with Crippen molar-refractivity contribution in [1.29, 1.82) is 0 Å². The number of benzene rings is 1. The Labute approximate surface area is 185 Å². The van der Waals surface area contributed by atoms with Crippen molar-refractivity contribution in [2.24, 2.45) is 0 Å². The molecule has 2 aromatic heterocycles. The summed E-state index contributed by atoms with van der Waals surface area (Å²) in [5.41, 5.74) is 3.06. The molecule has 31 heavy (non-hydrogen) atoms. The van der Waals surface area contributed by atoms with Crippen LogP contribution in [0, 0.1) is 0 Å². The number of thiophene rings is 1. The lowest BCUT2D eigenvalue weighted by molar-refractivity contribution is 0.0526. The Bertz CT molecular complexity index is 1070. The van der Waals surface area contributed by atoms with Gasteiger partial charge in [0.15, 0.2) is 5.69 Å². The van der Waals surface area contributed by atoms with Gasteiger partial charge in [0.05, 0.1) is 12.2 Å².